The zero-order valence-corrected chi connectivity index (χ0v) is 15.2. The molecule has 0 unspecified atom stereocenters. The number of nitrogens with one attached hydrogen (secondary N) is 1. The van der Waals surface area contributed by atoms with Crippen molar-refractivity contribution in [2.24, 2.45) is 0 Å². The monoisotopic (exact) mass is 369 g/mol. The highest BCUT2D eigenvalue weighted by atomic mass is 35.5. The van der Waals surface area contributed by atoms with Gasteiger partial charge in [0.15, 0.2) is 6.61 Å². The summed E-state index contributed by atoms with van der Waals surface area (Å²) >= 11 is 6.16. The smallest absolute Gasteiger partial charge is 0.258 e. The Kier molecular flexibility index (Phi) is 5.92. The standard InChI is InChI=1S/C20H20ClN3O2/c1-24(15-6-3-2-4-7-15)13-12-22-19(25)14-26-18-10-9-17(21)16-8-5-11-23-20(16)18/h2-11H,12-14H2,1H3,(H,22,25). The number of hydrogen-bond donors (Lipinski definition) is 1. The number of anilines is 1. The Hall–Kier alpha value is -2.79. The van der Waals surface area contributed by atoms with Crippen LogP contribution in [0.5, 0.6) is 5.75 Å². The maximum Gasteiger partial charge on any atom is 0.258 e. The highest BCUT2D eigenvalue weighted by molar-refractivity contribution is 6.35. The minimum absolute atomic E-state index is 0.0671. The van der Waals surface area contributed by atoms with Gasteiger partial charge in [-0.2, -0.15) is 0 Å². The van der Waals surface area contributed by atoms with Crippen LogP contribution >= 0.6 is 11.6 Å². The van der Waals surface area contributed by atoms with Crippen LogP contribution in [0.1, 0.15) is 0 Å². The van der Waals surface area contributed by atoms with E-state index in [0.29, 0.717) is 29.4 Å². The Morgan fingerprint density at radius 1 is 1.15 bits per heavy atom. The van der Waals surface area contributed by atoms with Gasteiger partial charge in [-0.25, -0.2) is 0 Å². The fraction of sp³-hybridized carbons (Fsp3) is 0.200. The highest BCUT2D eigenvalue weighted by Gasteiger charge is 2.09. The molecular weight excluding hydrogens is 350 g/mol. The van der Waals surface area contributed by atoms with Crippen molar-refractivity contribution in [2.45, 2.75) is 0 Å². The zero-order valence-electron chi connectivity index (χ0n) is 14.5. The number of pyridine rings is 1. The van der Waals surface area contributed by atoms with Gasteiger partial charge in [0.25, 0.3) is 5.91 Å². The van der Waals surface area contributed by atoms with Gasteiger partial charge in [-0.05, 0) is 36.4 Å². The molecule has 0 bridgehead atoms. The number of carbonyl (C=O) groups excluding carboxylic acids is 1. The molecule has 134 valence electrons. The maximum absolute atomic E-state index is 12.0. The Labute approximate surface area is 157 Å². The predicted molar refractivity (Wildman–Crippen MR) is 105 cm³/mol. The van der Waals surface area contributed by atoms with Crippen LogP contribution in [0.2, 0.25) is 5.02 Å². The van der Waals surface area contributed by atoms with E-state index >= 15 is 0 Å². The molecule has 0 aliphatic carbocycles. The quantitative estimate of drug-likeness (QED) is 0.692. The van der Waals surface area contributed by atoms with Crippen molar-refractivity contribution in [2.75, 3.05) is 31.6 Å². The number of likely N-dealkylation sites (N-methyl/N-ethyl adjacent to an activating group) is 1. The number of para-hydroxylation sites is 1. The van der Waals surface area contributed by atoms with Crippen LogP contribution < -0.4 is 15.0 Å². The van der Waals surface area contributed by atoms with E-state index in [2.05, 4.69) is 15.2 Å². The van der Waals surface area contributed by atoms with Gasteiger partial charge in [-0.1, -0.05) is 29.8 Å². The number of nitrogens with zero attached hydrogens (tertiary/aromatic N) is 2. The number of hydrogen-bond acceptors (Lipinski definition) is 4. The normalized spacial score (nSPS) is 10.5. The number of carbonyl (C=O) groups is 1. The van der Waals surface area contributed by atoms with Crippen molar-refractivity contribution < 1.29 is 9.53 Å². The van der Waals surface area contributed by atoms with Gasteiger partial charge in [0, 0.05) is 37.4 Å². The van der Waals surface area contributed by atoms with Gasteiger partial charge >= 0.3 is 0 Å². The fourth-order valence-corrected chi connectivity index (χ4v) is 2.81. The molecule has 0 atom stereocenters. The summed E-state index contributed by atoms with van der Waals surface area (Å²) in [5.41, 5.74) is 1.76. The number of fused-ring (bicyclic) bond motifs is 1. The first-order valence-electron chi connectivity index (χ1n) is 8.34. The minimum atomic E-state index is -0.175. The summed E-state index contributed by atoms with van der Waals surface area (Å²) in [5, 5.41) is 4.27. The topological polar surface area (TPSA) is 54.5 Å². The zero-order chi connectivity index (χ0) is 18.4. The largest absolute Gasteiger partial charge is 0.481 e. The Bertz CT molecular complexity index is 887. The van der Waals surface area contributed by atoms with E-state index < -0.39 is 0 Å². The van der Waals surface area contributed by atoms with Gasteiger partial charge in [-0.3, -0.25) is 9.78 Å². The van der Waals surface area contributed by atoms with Gasteiger partial charge in [0.05, 0.1) is 5.02 Å². The fourth-order valence-electron chi connectivity index (χ4n) is 2.60. The second-order valence-electron chi connectivity index (χ2n) is 5.84. The second-order valence-corrected chi connectivity index (χ2v) is 6.25. The molecule has 0 radical (unpaired) electrons. The van der Waals surface area contributed by atoms with E-state index in [0.717, 1.165) is 11.1 Å². The van der Waals surface area contributed by atoms with Crippen LogP contribution in [-0.2, 0) is 4.79 Å². The first kappa shape index (κ1) is 18.0. The summed E-state index contributed by atoms with van der Waals surface area (Å²) in [4.78, 5) is 18.4. The third-order valence-electron chi connectivity index (χ3n) is 4.00. The number of benzene rings is 2. The molecule has 2 aromatic carbocycles. The maximum atomic E-state index is 12.0. The molecule has 3 rings (SSSR count). The number of amides is 1. The lowest BCUT2D eigenvalue weighted by atomic mass is 10.2. The van der Waals surface area contributed by atoms with E-state index in [4.69, 9.17) is 16.3 Å². The Morgan fingerprint density at radius 2 is 1.96 bits per heavy atom. The van der Waals surface area contributed by atoms with Crippen LogP contribution in [-0.4, -0.2) is 37.6 Å². The van der Waals surface area contributed by atoms with E-state index in [-0.39, 0.29) is 12.5 Å². The summed E-state index contributed by atoms with van der Waals surface area (Å²) in [7, 11) is 1.99. The SMILES string of the molecule is CN(CCNC(=O)COc1ccc(Cl)c2cccnc12)c1ccccc1. The second kappa shape index (κ2) is 8.54. The molecule has 5 nitrogen and oxygen atoms in total. The minimum Gasteiger partial charge on any atom is -0.481 e. The van der Waals surface area contributed by atoms with Crippen LogP contribution in [0.25, 0.3) is 10.9 Å². The van der Waals surface area contributed by atoms with Crippen LogP contribution in [0, 0.1) is 0 Å². The van der Waals surface area contributed by atoms with E-state index in [1.54, 1.807) is 18.3 Å². The highest BCUT2D eigenvalue weighted by Crippen LogP contribution is 2.29. The first-order chi connectivity index (χ1) is 12.6. The average Bonchev–Trinajstić information content (AvgIpc) is 2.68. The molecule has 6 heteroatoms. The Balaban J connectivity index is 1.50. The van der Waals surface area contributed by atoms with Crippen LogP contribution in [0.15, 0.2) is 60.8 Å². The van der Waals surface area contributed by atoms with Crippen LogP contribution in [0.4, 0.5) is 5.69 Å². The van der Waals surface area contributed by atoms with Gasteiger partial charge in [-0.15, -0.1) is 0 Å². The summed E-state index contributed by atoms with van der Waals surface area (Å²) in [5.74, 6) is 0.368. The molecule has 0 spiro atoms. The third-order valence-corrected chi connectivity index (χ3v) is 4.33. The number of halogens is 1. The van der Waals surface area contributed by atoms with Crippen molar-refractivity contribution in [1.82, 2.24) is 10.3 Å². The molecule has 1 heterocycles. The molecule has 26 heavy (non-hydrogen) atoms. The molecule has 0 saturated carbocycles. The van der Waals surface area contributed by atoms with E-state index in [9.17, 15) is 4.79 Å². The number of aromatic nitrogens is 1. The Morgan fingerprint density at radius 3 is 2.77 bits per heavy atom. The predicted octanol–water partition coefficient (Wildman–Crippen LogP) is 3.52. The summed E-state index contributed by atoms with van der Waals surface area (Å²) < 4.78 is 5.63. The average molecular weight is 370 g/mol. The molecule has 0 saturated heterocycles. The molecule has 1 aromatic heterocycles. The number of ether oxygens (including phenoxy) is 1. The molecule has 0 fully saturated rings. The van der Waals surface area contributed by atoms with Crippen molar-refractivity contribution in [3.63, 3.8) is 0 Å². The van der Waals surface area contributed by atoms with E-state index in [1.807, 2.05) is 49.5 Å². The summed E-state index contributed by atoms with van der Waals surface area (Å²) in [6.45, 7) is 1.18. The van der Waals surface area contributed by atoms with E-state index in [1.165, 1.54) is 0 Å². The lowest BCUT2D eigenvalue weighted by molar-refractivity contribution is -0.123. The molecule has 1 N–H and O–H groups in total. The lowest BCUT2D eigenvalue weighted by Crippen LogP contribution is -2.35. The molecule has 0 aliphatic rings. The molecule has 0 aliphatic heterocycles. The third kappa shape index (κ3) is 4.43. The van der Waals surface area contributed by atoms with Crippen molar-refractivity contribution in [1.29, 1.82) is 0 Å². The van der Waals surface area contributed by atoms with Gasteiger partial charge < -0.3 is 15.0 Å². The molecular formula is C20H20ClN3O2. The van der Waals surface area contributed by atoms with Crippen molar-refractivity contribution in [3.8, 4) is 5.75 Å². The molecule has 3 aromatic rings. The van der Waals surface area contributed by atoms with Crippen molar-refractivity contribution >= 4 is 34.1 Å². The van der Waals surface area contributed by atoms with Gasteiger partial charge in [0.1, 0.15) is 11.3 Å². The van der Waals surface area contributed by atoms with Gasteiger partial charge in [0.2, 0.25) is 0 Å². The summed E-state index contributed by atoms with van der Waals surface area (Å²) in [6.07, 6.45) is 1.67. The van der Waals surface area contributed by atoms with Crippen molar-refractivity contribution in [3.05, 3.63) is 65.8 Å². The summed E-state index contributed by atoms with van der Waals surface area (Å²) in [6, 6.07) is 17.2. The first-order valence-corrected chi connectivity index (χ1v) is 8.72. The molecule has 1 amide bonds. The number of rotatable bonds is 7. The van der Waals surface area contributed by atoms with Crippen LogP contribution in [0.3, 0.4) is 0 Å². The lowest BCUT2D eigenvalue weighted by Gasteiger charge is -2.19.